The number of fused-ring (bicyclic) bond motifs is 1. The summed E-state index contributed by atoms with van der Waals surface area (Å²) in [6.45, 7) is 3.65. The van der Waals surface area contributed by atoms with Gasteiger partial charge in [-0.05, 0) is 32.0 Å². The van der Waals surface area contributed by atoms with Crippen molar-refractivity contribution in [3.63, 3.8) is 0 Å². The Kier molecular flexibility index (Phi) is 3.13. The Bertz CT molecular complexity index is 688. The summed E-state index contributed by atoms with van der Waals surface area (Å²) in [5.41, 5.74) is -0.121. The first-order valence-electron chi connectivity index (χ1n) is 5.50. The molecule has 0 fully saturated rings. The maximum Gasteiger partial charge on any atom is 0.341 e. The first kappa shape index (κ1) is 12.6. The SMILES string of the molecule is CC(C)n1c(=O)c(C(=O)O)cc2c(Cl)cccc21. The number of pyridine rings is 1. The van der Waals surface area contributed by atoms with Gasteiger partial charge in [0.25, 0.3) is 5.56 Å². The van der Waals surface area contributed by atoms with Crippen molar-refractivity contribution < 1.29 is 9.90 Å². The van der Waals surface area contributed by atoms with E-state index in [0.29, 0.717) is 15.9 Å². The van der Waals surface area contributed by atoms with E-state index in [0.717, 1.165) is 0 Å². The summed E-state index contributed by atoms with van der Waals surface area (Å²) in [6.07, 6.45) is 0. The number of hydrogen-bond acceptors (Lipinski definition) is 2. The summed E-state index contributed by atoms with van der Waals surface area (Å²) in [5.74, 6) is -1.24. The summed E-state index contributed by atoms with van der Waals surface area (Å²) >= 11 is 6.05. The van der Waals surface area contributed by atoms with Crippen molar-refractivity contribution in [1.29, 1.82) is 0 Å². The number of carbonyl (C=O) groups is 1. The first-order chi connectivity index (χ1) is 8.43. The molecule has 0 amide bonds. The molecule has 1 aromatic carbocycles. The van der Waals surface area contributed by atoms with Crippen LogP contribution in [0, 0.1) is 0 Å². The van der Waals surface area contributed by atoms with Gasteiger partial charge in [0.1, 0.15) is 5.56 Å². The number of nitrogens with zero attached hydrogens (tertiary/aromatic N) is 1. The third-order valence-corrected chi connectivity index (χ3v) is 3.10. The number of hydrogen-bond donors (Lipinski definition) is 1. The van der Waals surface area contributed by atoms with Crippen molar-refractivity contribution in [3.8, 4) is 0 Å². The second-order valence-corrected chi connectivity index (χ2v) is 4.71. The van der Waals surface area contributed by atoms with Crippen LogP contribution in [0.25, 0.3) is 10.9 Å². The van der Waals surface area contributed by atoms with Crippen LogP contribution in [-0.2, 0) is 0 Å². The lowest BCUT2D eigenvalue weighted by molar-refractivity contribution is 0.0694. The quantitative estimate of drug-likeness (QED) is 0.908. The highest BCUT2D eigenvalue weighted by molar-refractivity contribution is 6.35. The molecule has 1 heterocycles. The minimum atomic E-state index is -1.24. The third-order valence-electron chi connectivity index (χ3n) is 2.77. The molecule has 0 atom stereocenters. The van der Waals surface area contributed by atoms with E-state index in [1.54, 1.807) is 18.2 Å². The molecular formula is C13H12ClNO3. The fraction of sp³-hybridized carbons (Fsp3) is 0.231. The van der Waals surface area contributed by atoms with Crippen LogP contribution in [0.2, 0.25) is 5.02 Å². The fourth-order valence-electron chi connectivity index (χ4n) is 1.99. The standard InChI is InChI=1S/C13H12ClNO3/c1-7(2)15-11-5-3-4-10(14)8(11)6-9(12(15)16)13(17)18/h3-7H,1-2H3,(H,17,18). The van der Waals surface area contributed by atoms with Gasteiger partial charge in [-0.1, -0.05) is 17.7 Å². The van der Waals surface area contributed by atoms with Crippen molar-refractivity contribution in [2.75, 3.05) is 0 Å². The molecule has 0 radical (unpaired) electrons. The van der Waals surface area contributed by atoms with E-state index in [1.807, 2.05) is 13.8 Å². The van der Waals surface area contributed by atoms with Crippen molar-refractivity contribution in [2.45, 2.75) is 19.9 Å². The first-order valence-corrected chi connectivity index (χ1v) is 5.88. The highest BCUT2D eigenvalue weighted by atomic mass is 35.5. The second-order valence-electron chi connectivity index (χ2n) is 4.30. The molecule has 4 nitrogen and oxygen atoms in total. The molecule has 2 rings (SSSR count). The van der Waals surface area contributed by atoms with E-state index in [1.165, 1.54) is 10.6 Å². The lowest BCUT2D eigenvalue weighted by Crippen LogP contribution is -2.28. The Balaban J connectivity index is 3.02. The maximum atomic E-state index is 12.1. The van der Waals surface area contributed by atoms with E-state index in [9.17, 15) is 9.59 Å². The van der Waals surface area contributed by atoms with E-state index < -0.39 is 11.5 Å². The predicted octanol–water partition coefficient (Wildman–Crippen LogP) is 2.93. The van der Waals surface area contributed by atoms with Gasteiger partial charge in [-0.3, -0.25) is 4.79 Å². The lowest BCUT2D eigenvalue weighted by atomic mass is 10.1. The molecule has 1 N–H and O–H groups in total. The summed E-state index contributed by atoms with van der Waals surface area (Å²) in [5, 5.41) is 10.1. The summed E-state index contributed by atoms with van der Waals surface area (Å²) in [4.78, 5) is 23.2. The Hall–Kier alpha value is -1.81. The molecule has 0 spiro atoms. The zero-order chi connectivity index (χ0) is 13.4. The second kappa shape index (κ2) is 4.46. The number of rotatable bonds is 2. The summed E-state index contributed by atoms with van der Waals surface area (Å²) < 4.78 is 1.45. The highest BCUT2D eigenvalue weighted by Crippen LogP contribution is 2.24. The van der Waals surface area contributed by atoms with Gasteiger partial charge in [-0.2, -0.15) is 0 Å². The van der Waals surface area contributed by atoms with Crippen LogP contribution in [0.5, 0.6) is 0 Å². The van der Waals surface area contributed by atoms with Crippen molar-refractivity contribution in [2.24, 2.45) is 0 Å². The molecule has 94 valence electrons. The molecule has 18 heavy (non-hydrogen) atoms. The highest BCUT2D eigenvalue weighted by Gasteiger charge is 2.17. The zero-order valence-corrected chi connectivity index (χ0v) is 10.7. The van der Waals surface area contributed by atoms with E-state index in [-0.39, 0.29) is 11.6 Å². The Labute approximate surface area is 108 Å². The smallest absolute Gasteiger partial charge is 0.341 e. The van der Waals surface area contributed by atoms with Gasteiger partial charge >= 0.3 is 5.97 Å². The van der Waals surface area contributed by atoms with Crippen molar-refractivity contribution >= 4 is 28.5 Å². The molecule has 0 saturated heterocycles. The van der Waals surface area contributed by atoms with Gasteiger partial charge in [0, 0.05) is 16.5 Å². The Morgan fingerprint density at radius 1 is 1.39 bits per heavy atom. The molecule has 1 aromatic heterocycles. The molecular weight excluding hydrogens is 254 g/mol. The van der Waals surface area contributed by atoms with Crippen LogP contribution in [0.1, 0.15) is 30.2 Å². The summed E-state index contributed by atoms with van der Waals surface area (Å²) in [6, 6.07) is 6.36. The molecule has 0 aliphatic carbocycles. The summed E-state index contributed by atoms with van der Waals surface area (Å²) in [7, 11) is 0. The number of aromatic nitrogens is 1. The van der Waals surface area contributed by atoms with Gasteiger partial charge in [-0.25, -0.2) is 4.79 Å². The minimum absolute atomic E-state index is 0.141. The molecule has 0 aliphatic rings. The van der Waals surface area contributed by atoms with Gasteiger partial charge in [0.2, 0.25) is 0 Å². The minimum Gasteiger partial charge on any atom is -0.477 e. The lowest BCUT2D eigenvalue weighted by Gasteiger charge is -2.15. The number of halogens is 1. The Morgan fingerprint density at radius 2 is 2.06 bits per heavy atom. The zero-order valence-electron chi connectivity index (χ0n) is 9.98. The number of carboxylic acids is 1. The average Bonchev–Trinajstić information content (AvgIpc) is 2.27. The van der Waals surface area contributed by atoms with Gasteiger partial charge in [0.15, 0.2) is 0 Å². The van der Waals surface area contributed by atoms with Crippen LogP contribution in [0.15, 0.2) is 29.1 Å². The predicted molar refractivity (Wildman–Crippen MR) is 70.6 cm³/mol. The fourth-order valence-corrected chi connectivity index (χ4v) is 2.21. The molecule has 0 bridgehead atoms. The molecule has 0 aliphatic heterocycles. The van der Waals surface area contributed by atoms with Crippen LogP contribution in [-0.4, -0.2) is 15.6 Å². The maximum absolute atomic E-state index is 12.1. The molecule has 0 saturated carbocycles. The largest absolute Gasteiger partial charge is 0.477 e. The van der Waals surface area contributed by atoms with Gasteiger partial charge in [0.05, 0.1) is 5.52 Å². The Morgan fingerprint density at radius 3 is 2.61 bits per heavy atom. The van der Waals surface area contributed by atoms with E-state index >= 15 is 0 Å². The number of benzene rings is 1. The van der Waals surface area contributed by atoms with E-state index in [4.69, 9.17) is 16.7 Å². The van der Waals surface area contributed by atoms with Crippen molar-refractivity contribution in [3.05, 3.63) is 45.2 Å². The van der Waals surface area contributed by atoms with Gasteiger partial charge < -0.3 is 9.67 Å². The monoisotopic (exact) mass is 265 g/mol. The molecule has 2 aromatic rings. The molecule has 0 unspecified atom stereocenters. The van der Waals surface area contributed by atoms with Crippen LogP contribution in [0.3, 0.4) is 0 Å². The van der Waals surface area contributed by atoms with Crippen LogP contribution in [0.4, 0.5) is 0 Å². The number of carboxylic acid groups (broad SMARTS) is 1. The van der Waals surface area contributed by atoms with Crippen molar-refractivity contribution in [1.82, 2.24) is 4.57 Å². The number of aromatic carboxylic acids is 1. The molecule has 5 heteroatoms. The van der Waals surface area contributed by atoms with E-state index in [2.05, 4.69) is 0 Å². The topological polar surface area (TPSA) is 59.3 Å². The van der Waals surface area contributed by atoms with Crippen LogP contribution < -0.4 is 5.56 Å². The normalized spacial score (nSPS) is 11.1. The third kappa shape index (κ3) is 1.88. The van der Waals surface area contributed by atoms with Crippen LogP contribution >= 0.6 is 11.6 Å². The van der Waals surface area contributed by atoms with Gasteiger partial charge in [-0.15, -0.1) is 0 Å². The average molecular weight is 266 g/mol.